The van der Waals surface area contributed by atoms with Crippen molar-refractivity contribution in [1.82, 2.24) is 0 Å². The van der Waals surface area contributed by atoms with Crippen LogP contribution in [0.5, 0.6) is 0 Å². The minimum absolute atomic E-state index is 0. The quantitative estimate of drug-likeness (QED) is 0.375. The molecule has 1 atom stereocenters. The van der Waals surface area contributed by atoms with E-state index in [-0.39, 0.29) is 40.3 Å². The van der Waals surface area contributed by atoms with Crippen LogP contribution in [-0.2, 0) is 56.1 Å². The Labute approximate surface area is 63.5 Å². The molecule has 0 heterocycles. The maximum atomic E-state index is 2.54. The van der Waals surface area contributed by atoms with Gasteiger partial charge in [-0.05, 0) is 0 Å². The Hall–Kier alpha value is 2.26. The van der Waals surface area contributed by atoms with E-state index in [9.17, 15) is 0 Å². The Morgan fingerprint density at radius 3 is 1.25 bits per heavy atom. The van der Waals surface area contributed by atoms with Gasteiger partial charge in [0.1, 0.15) is 0 Å². The molecule has 4 heavy (non-hydrogen) atoms. The molecule has 0 bridgehead atoms. The summed E-state index contributed by atoms with van der Waals surface area (Å²) in [5.41, 5.74) is 0. The molecule has 0 spiro atoms. The Bertz CT molecular complexity index is 8.00. The van der Waals surface area contributed by atoms with E-state index in [1.807, 2.05) is 0 Å². The van der Waals surface area contributed by atoms with Crippen molar-refractivity contribution in [2.45, 2.75) is 0 Å². The van der Waals surface area contributed by atoms with Gasteiger partial charge >= 0.3 is 23.7 Å². The second kappa shape index (κ2) is 18.7. The maximum absolute atomic E-state index is 2.54. The van der Waals surface area contributed by atoms with Crippen molar-refractivity contribution in [3.05, 3.63) is 0 Å². The summed E-state index contributed by atoms with van der Waals surface area (Å²) in [6.45, 7) is 0. The molecule has 0 aliphatic rings. The molecule has 0 fully saturated rings. The normalized spacial score (nSPS) is 1.25. The van der Waals surface area contributed by atoms with Crippen molar-refractivity contribution in [1.29, 1.82) is 0 Å². The summed E-state index contributed by atoms with van der Waals surface area (Å²) >= 11 is 2.54. The minimum Gasteiger partial charge on any atom is 0 e. The van der Waals surface area contributed by atoms with E-state index in [1.165, 1.54) is 0 Å². The summed E-state index contributed by atoms with van der Waals surface area (Å²) < 4.78 is 0. The number of hydrogen-bond acceptors (Lipinski definition) is 0. The molecule has 0 aromatic carbocycles. The van der Waals surface area contributed by atoms with E-state index in [2.05, 4.69) is 23.7 Å². The van der Waals surface area contributed by atoms with Crippen LogP contribution in [0.2, 0.25) is 0 Å². The predicted molar refractivity (Wildman–Crippen MR) is 9.71 cm³/mol. The van der Waals surface area contributed by atoms with Crippen molar-refractivity contribution >= 4 is 7.89 Å². The van der Waals surface area contributed by atoms with Crippen molar-refractivity contribution in [3.8, 4) is 0 Å². The molecule has 0 N–H and O–H groups in total. The predicted octanol–water partition coefficient (Wildman–Crippen LogP) is 0.318. The van der Waals surface area contributed by atoms with Crippen molar-refractivity contribution in [2.75, 3.05) is 0 Å². The molecule has 0 aliphatic heterocycles. The summed E-state index contributed by atoms with van der Waals surface area (Å²) in [6, 6.07) is 0. The van der Waals surface area contributed by atoms with Gasteiger partial charge in [-0.1, -0.05) is 0 Å². The van der Waals surface area contributed by atoms with Crippen LogP contribution >= 0.6 is 7.89 Å². The average Bonchev–Trinajstić information content (AvgIpc) is 1.00. The fraction of sp³-hybridized carbons (Fsp3) is 0. The van der Waals surface area contributed by atoms with Crippen molar-refractivity contribution < 1.29 is 56.1 Å². The first kappa shape index (κ1) is 16.3. The molecule has 0 saturated heterocycles. The van der Waals surface area contributed by atoms with Crippen LogP contribution in [0.3, 0.4) is 0 Å². The van der Waals surface area contributed by atoms with Gasteiger partial charge < -0.3 is 0 Å². The first-order valence-corrected chi connectivity index (χ1v) is 2.92. The molecular weight excluding hydrogens is 182 g/mol. The molecule has 4 heteroatoms. The van der Waals surface area contributed by atoms with Gasteiger partial charge in [0.15, 0.2) is 0 Å². The van der Waals surface area contributed by atoms with Crippen LogP contribution in [0.4, 0.5) is 0 Å². The topological polar surface area (TPSA) is 0 Å². The van der Waals surface area contributed by atoms with Crippen LogP contribution < -0.4 is 0 Å². The zero-order chi connectivity index (χ0) is 2.00. The summed E-state index contributed by atoms with van der Waals surface area (Å²) in [6.07, 6.45) is 0. The zero-order valence-corrected chi connectivity index (χ0v) is 7.32. The van der Waals surface area contributed by atoms with Gasteiger partial charge in [0, 0.05) is 40.3 Å². The summed E-state index contributed by atoms with van der Waals surface area (Å²) in [5, 5.41) is 0. The van der Waals surface area contributed by atoms with Crippen molar-refractivity contribution in [3.63, 3.8) is 0 Å². The standard InChI is InChI=1S/Cr.H2P.Ti.V/h;1H2;;/q+1;-1;;. The van der Waals surface area contributed by atoms with Gasteiger partial charge in [-0.25, -0.2) is 0 Å². The number of hydrogen-bond donors (Lipinski definition) is 0. The van der Waals surface area contributed by atoms with Crippen molar-refractivity contribution in [2.24, 2.45) is 0 Å². The molecule has 0 rings (SSSR count). The molecule has 0 saturated carbocycles. The second-order valence-electron chi connectivity index (χ2n) is 0. The smallest absolute Gasteiger partial charge is 0 e. The maximum Gasteiger partial charge on any atom is 0 e. The molecule has 22 valence electrons. The van der Waals surface area contributed by atoms with E-state index < -0.39 is 0 Å². The third-order valence-corrected chi connectivity index (χ3v) is 0. The molecule has 0 aromatic heterocycles. The average molecular weight is 184 g/mol. The molecule has 0 nitrogen and oxygen atoms in total. The molecule has 0 aromatic rings. The van der Waals surface area contributed by atoms with Gasteiger partial charge in [0.2, 0.25) is 0 Å². The summed E-state index contributed by atoms with van der Waals surface area (Å²) in [7, 11) is 2.29. The van der Waals surface area contributed by atoms with E-state index in [0.717, 1.165) is 0 Å². The molecule has 0 aliphatic carbocycles. The Balaban J connectivity index is -0.00000000500. The zero-order valence-electron chi connectivity index (χ0n) is 1.93. The van der Waals surface area contributed by atoms with E-state index in [1.54, 1.807) is 0 Å². The van der Waals surface area contributed by atoms with Crippen LogP contribution in [-0.4, -0.2) is 0 Å². The third-order valence-electron chi connectivity index (χ3n) is 0. The van der Waals surface area contributed by atoms with Gasteiger partial charge in [-0.3, -0.25) is 0 Å². The van der Waals surface area contributed by atoms with Gasteiger partial charge in [-0.15, -0.1) is 0 Å². The Morgan fingerprint density at radius 1 is 1.25 bits per heavy atom. The molecule has 1 radical (unpaired) electrons. The molecule has 1 unspecified atom stereocenters. The first-order valence-electron chi connectivity index (χ1n) is 0.236. The first-order chi connectivity index (χ1) is 1.00. The van der Waals surface area contributed by atoms with Crippen LogP contribution in [0, 0.1) is 0 Å². The fourth-order valence-corrected chi connectivity index (χ4v) is 0. The second-order valence-corrected chi connectivity index (χ2v) is 0. The molecular formula is H2CrPTiV. The van der Waals surface area contributed by atoms with Crippen LogP contribution in [0.1, 0.15) is 0 Å². The summed E-state index contributed by atoms with van der Waals surface area (Å²) in [5.74, 6) is 0. The summed E-state index contributed by atoms with van der Waals surface area (Å²) in [4.78, 5) is 0. The van der Waals surface area contributed by atoms with Crippen LogP contribution in [0.15, 0.2) is 0 Å². The monoisotopic (exact) mass is 184 g/mol. The van der Waals surface area contributed by atoms with E-state index in [0.29, 0.717) is 0 Å². The fourth-order valence-electron chi connectivity index (χ4n) is 0. The minimum atomic E-state index is 0. The Kier molecular flexibility index (Phi) is 76.1. The van der Waals surface area contributed by atoms with E-state index in [4.69, 9.17) is 0 Å². The van der Waals surface area contributed by atoms with Gasteiger partial charge in [-0.2, -0.15) is 0 Å². The SMILES string of the molecule is [PH2][Cr].[Ti].[V]. The number of rotatable bonds is 0. The third kappa shape index (κ3) is 8.86. The van der Waals surface area contributed by atoms with E-state index >= 15 is 0 Å². The van der Waals surface area contributed by atoms with Crippen LogP contribution in [0.25, 0.3) is 0 Å². The Morgan fingerprint density at radius 2 is 1.25 bits per heavy atom. The van der Waals surface area contributed by atoms with Gasteiger partial charge in [0.05, 0.1) is 0 Å². The van der Waals surface area contributed by atoms with Gasteiger partial charge in [0.25, 0.3) is 0 Å². The largest absolute Gasteiger partial charge is 0 e. The molecule has 0 amide bonds.